The van der Waals surface area contributed by atoms with Crippen molar-refractivity contribution in [3.05, 3.63) is 12.7 Å². The van der Waals surface area contributed by atoms with Crippen molar-refractivity contribution in [2.45, 2.75) is 90.1 Å². The first-order valence-electron chi connectivity index (χ1n) is 12.1. The molecule has 0 saturated carbocycles. The minimum absolute atomic E-state index is 0.0529. The first-order chi connectivity index (χ1) is 15.3. The molecule has 7 atom stereocenters. The average Bonchev–Trinajstić information content (AvgIpc) is 3.24. The predicted molar refractivity (Wildman–Crippen MR) is 123 cm³/mol. The maximum absolute atomic E-state index is 14.2. The summed E-state index contributed by atoms with van der Waals surface area (Å²) in [6.07, 6.45) is 2.63. The van der Waals surface area contributed by atoms with E-state index >= 15 is 0 Å². The van der Waals surface area contributed by atoms with Crippen molar-refractivity contribution in [2.24, 2.45) is 17.8 Å². The Hall–Kier alpha value is -1.93. The van der Waals surface area contributed by atoms with Gasteiger partial charge in [-0.2, -0.15) is 0 Å². The number of esters is 1. The zero-order valence-electron chi connectivity index (χ0n) is 21.1. The maximum Gasteiger partial charge on any atom is 0.312 e. The Kier molecular flexibility index (Phi) is 6.77. The minimum Gasteiger partial charge on any atom is -0.466 e. The van der Waals surface area contributed by atoms with E-state index in [-0.39, 0.29) is 30.9 Å². The van der Waals surface area contributed by atoms with Gasteiger partial charge in [0.15, 0.2) is 0 Å². The Labute approximate surface area is 197 Å². The van der Waals surface area contributed by atoms with Crippen LogP contribution < -0.4 is 0 Å². The van der Waals surface area contributed by atoms with Crippen LogP contribution in [0.5, 0.6) is 0 Å². The molecule has 3 heterocycles. The molecule has 3 fully saturated rings. The van der Waals surface area contributed by atoms with Gasteiger partial charge in [0.05, 0.1) is 30.8 Å². The zero-order chi connectivity index (χ0) is 24.9. The standard InChI is InChI=1S/C25H40N2O6/c1-9-12-26(23(5,6)7)21(30)19-25-13-15(4)24(8,33-25)18(22(31)32-11-3)17(25)20(29)27(19)16(10-2)14-28/h9,15-19,28H,1,10-14H2,2-8H3/t15?,16-,17-,18+,19?,24-,25?/m0/s1. The first-order valence-corrected chi connectivity index (χ1v) is 12.1. The predicted octanol–water partition coefficient (Wildman–Crippen LogP) is 2.14. The van der Waals surface area contributed by atoms with Crippen LogP contribution in [0.1, 0.15) is 61.3 Å². The molecule has 0 aliphatic carbocycles. The molecule has 3 saturated heterocycles. The van der Waals surface area contributed by atoms with Crippen LogP contribution in [0, 0.1) is 17.8 Å². The lowest BCUT2D eigenvalue weighted by Gasteiger charge is -2.43. The van der Waals surface area contributed by atoms with Crippen molar-refractivity contribution in [3.63, 3.8) is 0 Å². The highest BCUT2D eigenvalue weighted by atomic mass is 16.6. The Bertz CT molecular complexity index is 818. The summed E-state index contributed by atoms with van der Waals surface area (Å²) in [5.74, 6) is -2.69. The third-order valence-corrected chi connectivity index (χ3v) is 7.99. The van der Waals surface area contributed by atoms with Gasteiger partial charge in [-0.25, -0.2) is 0 Å². The van der Waals surface area contributed by atoms with Gasteiger partial charge in [-0.3, -0.25) is 14.4 Å². The summed E-state index contributed by atoms with van der Waals surface area (Å²) in [6, 6.07) is -1.49. The Morgan fingerprint density at radius 3 is 2.52 bits per heavy atom. The van der Waals surface area contributed by atoms with Crippen LogP contribution in [0.4, 0.5) is 0 Å². The largest absolute Gasteiger partial charge is 0.466 e. The second-order valence-corrected chi connectivity index (χ2v) is 10.9. The van der Waals surface area contributed by atoms with Gasteiger partial charge in [-0.1, -0.05) is 19.9 Å². The number of likely N-dealkylation sites (tertiary alicyclic amines) is 1. The lowest BCUT2D eigenvalue weighted by Crippen LogP contribution is -2.61. The summed E-state index contributed by atoms with van der Waals surface area (Å²) in [7, 11) is 0. The minimum atomic E-state index is -1.15. The van der Waals surface area contributed by atoms with Crippen molar-refractivity contribution >= 4 is 17.8 Å². The van der Waals surface area contributed by atoms with E-state index < -0.39 is 46.6 Å². The Morgan fingerprint density at radius 2 is 2.03 bits per heavy atom. The maximum atomic E-state index is 14.2. The summed E-state index contributed by atoms with van der Waals surface area (Å²) in [6.45, 7) is 17.3. The number of nitrogens with zero attached hydrogens (tertiary/aromatic N) is 2. The van der Waals surface area contributed by atoms with Crippen LogP contribution in [-0.2, 0) is 23.9 Å². The van der Waals surface area contributed by atoms with E-state index in [1.807, 2.05) is 41.5 Å². The lowest BCUT2D eigenvalue weighted by molar-refractivity contribution is -0.164. The molecule has 33 heavy (non-hydrogen) atoms. The van der Waals surface area contributed by atoms with Crippen LogP contribution in [0.3, 0.4) is 0 Å². The van der Waals surface area contributed by atoms with E-state index in [1.165, 1.54) is 4.90 Å². The number of amides is 2. The molecule has 1 N–H and O–H groups in total. The molecule has 0 aromatic carbocycles. The normalized spacial score (nSPS) is 36.0. The second kappa shape index (κ2) is 8.69. The molecule has 8 nitrogen and oxygen atoms in total. The van der Waals surface area contributed by atoms with E-state index in [4.69, 9.17) is 9.47 Å². The SMILES string of the molecule is C=CCN(C(=O)C1N([C@@H](CC)CO)C(=O)[C@@H]2[C@H](C(=O)OCC)[C@@]3(C)OC12CC3C)C(C)(C)C. The van der Waals surface area contributed by atoms with E-state index in [2.05, 4.69) is 6.58 Å². The first kappa shape index (κ1) is 25.7. The Balaban J connectivity index is 2.20. The molecule has 3 aliphatic heterocycles. The second-order valence-electron chi connectivity index (χ2n) is 10.9. The van der Waals surface area contributed by atoms with E-state index in [0.29, 0.717) is 19.4 Å². The van der Waals surface area contributed by atoms with Gasteiger partial charge in [0.25, 0.3) is 0 Å². The summed E-state index contributed by atoms with van der Waals surface area (Å²) >= 11 is 0. The number of hydrogen-bond acceptors (Lipinski definition) is 6. The van der Waals surface area contributed by atoms with Gasteiger partial charge >= 0.3 is 5.97 Å². The van der Waals surface area contributed by atoms with Crippen LogP contribution in [0.2, 0.25) is 0 Å². The Morgan fingerprint density at radius 1 is 1.39 bits per heavy atom. The number of carbonyl (C=O) groups excluding carboxylic acids is 3. The molecular weight excluding hydrogens is 424 g/mol. The van der Waals surface area contributed by atoms with Crippen molar-refractivity contribution < 1.29 is 29.0 Å². The van der Waals surface area contributed by atoms with Gasteiger partial charge in [0.2, 0.25) is 11.8 Å². The molecule has 186 valence electrons. The van der Waals surface area contributed by atoms with Gasteiger partial charge < -0.3 is 24.4 Å². The fourth-order valence-electron chi connectivity index (χ4n) is 6.32. The van der Waals surface area contributed by atoms with Crippen molar-refractivity contribution in [2.75, 3.05) is 19.8 Å². The van der Waals surface area contributed by atoms with E-state index in [1.54, 1.807) is 17.9 Å². The number of aliphatic hydroxyl groups excluding tert-OH is 1. The number of hydrogen-bond donors (Lipinski definition) is 1. The number of rotatable bonds is 8. The lowest BCUT2D eigenvalue weighted by atomic mass is 9.62. The van der Waals surface area contributed by atoms with E-state index in [9.17, 15) is 19.5 Å². The molecule has 0 aromatic heterocycles. The highest BCUT2D eigenvalue weighted by Crippen LogP contribution is 2.65. The van der Waals surface area contributed by atoms with Crippen LogP contribution >= 0.6 is 0 Å². The number of fused-ring (bicyclic) bond motifs is 1. The van der Waals surface area contributed by atoms with Crippen molar-refractivity contribution in [1.82, 2.24) is 9.80 Å². The van der Waals surface area contributed by atoms with Crippen molar-refractivity contribution in [3.8, 4) is 0 Å². The molecule has 3 rings (SSSR count). The highest BCUT2D eigenvalue weighted by molar-refractivity contribution is 5.99. The van der Waals surface area contributed by atoms with Crippen molar-refractivity contribution in [1.29, 1.82) is 0 Å². The van der Waals surface area contributed by atoms with Crippen LogP contribution in [0.15, 0.2) is 12.7 Å². The molecular formula is C25H40N2O6. The molecule has 3 unspecified atom stereocenters. The third-order valence-electron chi connectivity index (χ3n) is 7.99. The fourth-order valence-corrected chi connectivity index (χ4v) is 6.32. The molecule has 3 aliphatic rings. The molecule has 0 aromatic rings. The summed E-state index contributed by atoms with van der Waals surface area (Å²) in [5, 5.41) is 10.1. The van der Waals surface area contributed by atoms with Gasteiger partial charge in [-0.15, -0.1) is 6.58 Å². The highest BCUT2D eigenvalue weighted by Gasteiger charge is 2.80. The van der Waals surface area contributed by atoms with Gasteiger partial charge in [-0.05, 0) is 53.4 Å². The number of aliphatic hydroxyl groups is 1. The smallest absolute Gasteiger partial charge is 0.312 e. The molecule has 0 radical (unpaired) electrons. The molecule has 2 bridgehead atoms. The summed E-state index contributed by atoms with van der Waals surface area (Å²) in [4.78, 5) is 44.5. The summed E-state index contributed by atoms with van der Waals surface area (Å²) < 4.78 is 12.0. The topological polar surface area (TPSA) is 96.4 Å². The number of carbonyl (C=O) groups is 3. The molecule has 2 amide bonds. The van der Waals surface area contributed by atoms with Crippen LogP contribution in [-0.4, -0.2) is 81.3 Å². The van der Waals surface area contributed by atoms with Gasteiger partial charge in [0.1, 0.15) is 17.6 Å². The molecule has 1 spiro atoms. The molecule has 8 heteroatoms. The number of ether oxygens (including phenoxy) is 2. The van der Waals surface area contributed by atoms with Gasteiger partial charge in [0, 0.05) is 12.1 Å². The van der Waals surface area contributed by atoms with E-state index in [0.717, 1.165) is 0 Å². The third kappa shape index (κ3) is 3.60. The van der Waals surface area contributed by atoms with Crippen LogP contribution in [0.25, 0.3) is 0 Å². The zero-order valence-corrected chi connectivity index (χ0v) is 21.1. The quantitative estimate of drug-likeness (QED) is 0.437. The fraction of sp³-hybridized carbons (Fsp3) is 0.800. The average molecular weight is 465 g/mol. The monoisotopic (exact) mass is 464 g/mol. The summed E-state index contributed by atoms with van der Waals surface area (Å²) in [5.41, 5.74) is -2.57.